The first-order chi connectivity index (χ1) is 16.1. The van der Waals surface area contributed by atoms with Crippen molar-refractivity contribution in [1.29, 1.82) is 0 Å². The van der Waals surface area contributed by atoms with E-state index in [4.69, 9.17) is 9.84 Å². The van der Waals surface area contributed by atoms with Gasteiger partial charge in [0.1, 0.15) is 0 Å². The van der Waals surface area contributed by atoms with Gasteiger partial charge in [-0.25, -0.2) is 4.79 Å². The van der Waals surface area contributed by atoms with Crippen molar-refractivity contribution in [3.8, 4) is 0 Å². The topological polar surface area (TPSA) is 46.5 Å². The molecule has 3 nitrogen and oxygen atoms in total. The second kappa shape index (κ2) is 8.99. The second-order valence-corrected chi connectivity index (χ2v) is 9.40. The Morgan fingerprint density at radius 3 is 2.42 bits per heavy atom. The van der Waals surface area contributed by atoms with Gasteiger partial charge in [-0.3, -0.25) is 0 Å². The molecule has 0 saturated heterocycles. The van der Waals surface area contributed by atoms with E-state index in [9.17, 15) is 4.79 Å². The normalized spacial score (nSPS) is 20.9. The molecule has 2 unspecified atom stereocenters. The Kier molecular flexibility index (Phi) is 5.90. The fourth-order valence-corrected chi connectivity index (χ4v) is 5.88. The van der Waals surface area contributed by atoms with E-state index < -0.39 is 5.97 Å². The Labute approximate surface area is 195 Å². The lowest BCUT2D eigenvalue weighted by Gasteiger charge is -2.37. The summed E-state index contributed by atoms with van der Waals surface area (Å²) < 4.78 is 6.22. The van der Waals surface area contributed by atoms with Gasteiger partial charge >= 0.3 is 5.97 Å². The van der Waals surface area contributed by atoms with Gasteiger partial charge in [-0.05, 0) is 72.1 Å². The summed E-state index contributed by atoms with van der Waals surface area (Å²) in [5.74, 6) is -0.874. The molecule has 2 aliphatic carbocycles. The van der Waals surface area contributed by atoms with Crippen LogP contribution in [0, 0.1) is 5.41 Å². The molecular formula is C30H30O3. The zero-order valence-electron chi connectivity index (χ0n) is 19.1. The summed E-state index contributed by atoms with van der Waals surface area (Å²) in [4.78, 5) is 11.1. The molecule has 168 valence electrons. The Hall–Kier alpha value is -3.17. The molecule has 0 fully saturated rings. The van der Waals surface area contributed by atoms with Crippen LogP contribution in [0.2, 0.25) is 0 Å². The number of hydrogen-bond acceptors (Lipinski definition) is 2. The monoisotopic (exact) mass is 438 g/mol. The SMILES string of the molecule is COC1c2ccccc2CC1(CCCCc1ccc(C(=O)O)cc1)C1=Cc2ccccc2C1. The zero-order chi connectivity index (χ0) is 22.8. The van der Waals surface area contributed by atoms with Gasteiger partial charge in [-0.2, -0.15) is 0 Å². The highest BCUT2D eigenvalue weighted by molar-refractivity contribution is 5.87. The number of hydrogen-bond donors (Lipinski definition) is 1. The summed E-state index contributed by atoms with van der Waals surface area (Å²) in [5.41, 5.74) is 8.51. The largest absolute Gasteiger partial charge is 0.478 e. The lowest BCUT2D eigenvalue weighted by Crippen LogP contribution is -2.30. The van der Waals surface area contributed by atoms with E-state index in [-0.39, 0.29) is 11.5 Å². The molecule has 3 aromatic carbocycles. The maximum Gasteiger partial charge on any atom is 0.335 e. The third kappa shape index (κ3) is 4.02. The van der Waals surface area contributed by atoms with Gasteiger partial charge in [0.25, 0.3) is 0 Å². The smallest absolute Gasteiger partial charge is 0.335 e. The number of aryl methyl sites for hydroxylation is 1. The number of rotatable bonds is 8. The van der Waals surface area contributed by atoms with Gasteiger partial charge in [0.05, 0.1) is 11.7 Å². The van der Waals surface area contributed by atoms with Gasteiger partial charge in [0.15, 0.2) is 0 Å². The van der Waals surface area contributed by atoms with E-state index in [0.717, 1.165) is 38.5 Å². The number of ether oxygens (including phenoxy) is 1. The summed E-state index contributed by atoms with van der Waals surface area (Å²) >= 11 is 0. The predicted molar refractivity (Wildman–Crippen MR) is 131 cm³/mol. The molecule has 0 aliphatic heterocycles. The summed E-state index contributed by atoms with van der Waals surface area (Å²) in [7, 11) is 1.86. The lowest BCUT2D eigenvalue weighted by atomic mass is 9.70. The summed E-state index contributed by atoms with van der Waals surface area (Å²) in [6.45, 7) is 0. The van der Waals surface area contributed by atoms with E-state index in [2.05, 4.69) is 54.6 Å². The summed E-state index contributed by atoms with van der Waals surface area (Å²) in [5, 5.41) is 9.11. The van der Waals surface area contributed by atoms with Crippen molar-refractivity contribution in [2.24, 2.45) is 5.41 Å². The van der Waals surface area contributed by atoms with Crippen LogP contribution in [0.25, 0.3) is 6.08 Å². The summed E-state index contributed by atoms with van der Waals surface area (Å²) in [6, 6.07) is 24.8. The molecular weight excluding hydrogens is 408 g/mol. The van der Waals surface area contributed by atoms with E-state index in [1.165, 1.54) is 33.4 Å². The Balaban J connectivity index is 1.36. The number of carbonyl (C=O) groups is 1. The molecule has 2 aliphatic rings. The molecule has 3 heteroatoms. The highest BCUT2D eigenvalue weighted by atomic mass is 16.5. The van der Waals surface area contributed by atoms with Crippen LogP contribution in [0.3, 0.4) is 0 Å². The molecule has 3 aromatic rings. The third-order valence-corrected chi connectivity index (χ3v) is 7.53. The van der Waals surface area contributed by atoms with Crippen LogP contribution in [-0.4, -0.2) is 18.2 Å². The molecule has 2 atom stereocenters. The maximum absolute atomic E-state index is 11.1. The first-order valence-corrected chi connectivity index (χ1v) is 11.8. The van der Waals surface area contributed by atoms with Gasteiger partial charge in [-0.15, -0.1) is 0 Å². The maximum atomic E-state index is 11.1. The number of carboxylic acids is 1. The number of aromatic carboxylic acids is 1. The Bertz CT molecular complexity index is 1190. The van der Waals surface area contributed by atoms with E-state index >= 15 is 0 Å². The molecule has 0 spiro atoms. The average Bonchev–Trinajstić information content (AvgIpc) is 3.41. The minimum absolute atomic E-state index is 0.0232. The number of methoxy groups -OCH3 is 1. The number of carboxylic acid groups (broad SMARTS) is 1. The van der Waals surface area contributed by atoms with E-state index in [1.807, 2.05) is 19.2 Å². The van der Waals surface area contributed by atoms with Crippen LogP contribution in [0.5, 0.6) is 0 Å². The van der Waals surface area contributed by atoms with Crippen LogP contribution in [-0.2, 0) is 24.0 Å². The van der Waals surface area contributed by atoms with Crippen LogP contribution in [0.15, 0.2) is 78.4 Å². The van der Waals surface area contributed by atoms with Crippen LogP contribution in [0.4, 0.5) is 0 Å². The van der Waals surface area contributed by atoms with Crippen LogP contribution >= 0.6 is 0 Å². The van der Waals surface area contributed by atoms with Gasteiger partial charge in [0.2, 0.25) is 0 Å². The first kappa shape index (κ1) is 21.7. The molecule has 0 bridgehead atoms. The van der Waals surface area contributed by atoms with Crippen molar-refractivity contribution in [3.05, 3.63) is 112 Å². The number of benzene rings is 3. The minimum atomic E-state index is -0.874. The average molecular weight is 439 g/mol. The fourth-order valence-electron chi connectivity index (χ4n) is 5.88. The van der Waals surface area contributed by atoms with E-state index in [1.54, 1.807) is 12.1 Å². The zero-order valence-corrected chi connectivity index (χ0v) is 19.1. The van der Waals surface area contributed by atoms with E-state index in [0.29, 0.717) is 5.56 Å². The summed E-state index contributed by atoms with van der Waals surface area (Å²) in [6.07, 6.45) is 8.72. The van der Waals surface area contributed by atoms with Crippen molar-refractivity contribution in [1.82, 2.24) is 0 Å². The number of unbranched alkanes of at least 4 members (excludes halogenated alkanes) is 1. The van der Waals surface area contributed by atoms with Crippen molar-refractivity contribution in [3.63, 3.8) is 0 Å². The lowest BCUT2D eigenvalue weighted by molar-refractivity contribution is 0.0123. The number of fused-ring (bicyclic) bond motifs is 2. The van der Waals surface area contributed by atoms with Crippen molar-refractivity contribution in [2.45, 2.75) is 44.6 Å². The molecule has 1 N–H and O–H groups in total. The molecule has 0 amide bonds. The Morgan fingerprint density at radius 1 is 0.970 bits per heavy atom. The van der Waals surface area contributed by atoms with Crippen molar-refractivity contribution < 1.29 is 14.6 Å². The van der Waals surface area contributed by atoms with Gasteiger partial charge in [-0.1, -0.05) is 78.7 Å². The minimum Gasteiger partial charge on any atom is -0.478 e. The first-order valence-electron chi connectivity index (χ1n) is 11.8. The third-order valence-electron chi connectivity index (χ3n) is 7.53. The molecule has 0 radical (unpaired) electrons. The molecule has 5 rings (SSSR count). The predicted octanol–water partition coefficient (Wildman–Crippen LogP) is 6.67. The molecule has 0 saturated carbocycles. The molecule has 0 heterocycles. The fraction of sp³-hybridized carbons (Fsp3) is 0.300. The van der Waals surface area contributed by atoms with Crippen molar-refractivity contribution in [2.75, 3.05) is 7.11 Å². The molecule has 33 heavy (non-hydrogen) atoms. The van der Waals surface area contributed by atoms with Gasteiger partial charge in [0, 0.05) is 12.5 Å². The Morgan fingerprint density at radius 2 is 1.70 bits per heavy atom. The van der Waals surface area contributed by atoms with Gasteiger partial charge < -0.3 is 9.84 Å². The second-order valence-electron chi connectivity index (χ2n) is 9.40. The van der Waals surface area contributed by atoms with Crippen LogP contribution in [0.1, 0.15) is 63.5 Å². The van der Waals surface area contributed by atoms with Crippen molar-refractivity contribution >= 4 is 12.0 Å². The van der Waals surface area contributed by atoms with Crippen LogP contribution < -0.4 is 0 Å². The highest BCUT2D eigenvalue weighted by Crippen LogP contribution is 2.57. The quantitative estimate of drug-likeness (QED) is 0.400. The highest BCUT2D eigenvalue weighted by Gasteiger charge is 2.49. The standard InChI is InChI=1S/C30H30O3/c1-33-28-27-12-5-4-11-25(27)20-30(28,26-18-23-9-2-3-10-24(23)19-26)17-7-6-8-21-13-15-22(16-14-21)29(31)32/h2-5,9-16,18,28H,6-8,17,19-20H2,1H3,(H,31,32). The molecule has 0 aromatic heterocycles.